The van der Waals surface area contributed by atoms with Crippen LogP contribution in [0.5, 0.6) is 0 Å². The number of likely N-dealkylation sites (tertiary alicyclic amines) is 1. The lowest BCUT2D eigenvalue weighted by Gasteiger charge is -2.46. The van der Waals surface area contributed by atoms with Gasteiger partial charge in [-0.2, -0.15) is 5.26 Å². The maximum Gasteiger partial charge on any atom is 0.411 e. The number of hydrogen-bond donors (Lipinski definition) is 0. The minimum Gasteiger partial charge on any atom is -0.444 e. The summed E-state index contributed by atoms with van der Waals surface area (Å²) in [6.45, 7) is 11.4. The van der Waals surface area contributed by atoms with Crippen LogP contribution in [0.3, 0.4) is 0 Å². The predicted molar refractivity (Wildman–Crippen MR) is 121 cm³/mol. The smallest absolute Gasteiger partial charge is 0.411 e. The van der Waals surface area contributed by atoms with E-state index >= 15 is 0 Å². The molecule has 1 aliphatic heterocycles. The van der Waals surface area contributed by atoms with Gasteiger partial charge in [0.1, 0.15) is 11.4 Å². The minimum absolute atomic E-state index is 0.0344. The van der Waals surface area contributed by atoms with E-state index in [9.17, 15) is 14.9 Å². The van der Waals surface area contributed by atoms with Crippen molar-refractivity contribution in [2.45, 2.75) is 90.4 Å². The zero-order chi connectivity index (χ0) is 23.9. The molecule has 1 saturated heterocycles. The third-order valence-corrected chi connectivity index (χ3v) is 6.14. The van der Waals surface area contributed by atoms with Crippen LogP contribution in [-0.2, 0) is 14.3 Å². The van der Waals surface area contributed by atoms with E-state index in [0.29, 0.717) is 25.8 Å². The summed E-state index contributed by atoms with van der Waals surface area (Å²) in [5, 5.41) is 10.4. The quantitative estimate of drug-likeness (QED) is 0.384. The van der Waals surface area contributed by atoms with E-state index in [1.165, 1.54) is 4.90 Å². The molecule has 1 heterocycles. The molecule has 172 valence electrons. The summed E-state index contributed by atoms with van der Waals surface area (Å²) >= 11 is 0. The SMILES string of the molecule is C#CCCC(=O)[C@@H](CCC)[C@](C)(OC)[C@H]1CCN(C(=O)OC(C)(C)C)[C@]1(C#N)/C=C\C. The van der Waals surface area contributed by atoms with Crippen molar-refractivity contribution in [1.29, 1.82) is 5.26 Å². The third kappa shape index (κ3) is 5.69. The maximum atomic E-state index is 13.1. The lowest BCUT2D eigenvalue weighted by molar-refractivity contribution is -0.144. The molecule has 0 unspecified atom stereocenters. The van der Waals surface area contributed by atoms with Gasteiger partial charge in [-0.05, 0) is 53.5 Å². The number of hydrogen-bond acceptors (Lipinski definition) is 5. The fourth-order valence-electron chi connectivity index (χ4n) is 4.72. The standard InChI is InChI=1S/C25H38N2O4/c1-9-12-14-20(28)19(13-10-2)24(7,30-8)21-15-17-27(22(29)31-23(4,5)6)25(21,18-26)16-11-3/h1,11,16,19,21H,10,12-15,17H2,2-8H3/b16-11-/t19-,21-,24+,25+/m1/s1. The molecule has 1 amide bonds. The predicted octanol–water partition coefficient (Wildman–Crippen LogP) is 4.89. The Morgan fingerprint density at radius 3 is 2.45 bits per heavy atom. The molecular weight excluding hydrogens is 392 g/mol. The van der Waals surface area contributed by atoms with E-state index in [2.05, 4.69) is 12.0 Å². The van der Waals surface area contributed by atoms with Gasteiger partial charge in [0.05, 0.1) is 11.7 Å². The lowest BCUT2D eigenvalue weighted by Crippen LogP contribution is -2.59. The van der Waals surface area contributed by atoms with Crippen molar-refractivity contribution in [3.05, 3.63) is 12.2 Å². The summed E-state index contributed by atoms with van der Waals surface area (Å²) in [7, 11) is 1.57. The van der Waals surface area contributed by atoms with Crippen LogP contribution in [0.1, 0.15) is 73.6 Å². The molecule has 0 spiro atoms. The van der Waals surface area contributed by atoms with Crippen LogP contribution in [0, 0.1) is 35.5 Å². The molecule has 0 saturated carbocycles. The van der Waals surface area contributed by atoms with Crippen molar-refractivity contribution < 1.29 is 19.1 Å². The lowest BCUT2D eigenvalue weighted by atomic mass is 9.66. The van der Waals surface area contributed by atoms with Crippen molar-refractivity contribution in [1.82, 2.24) is 4.90 Å². The van der Waals surface area contributed by atoms with E-state index < -0.39 is 34.7 Å². The number of allylic oxidation sites excluding steroid dienone is 1. The summed E-state index contributed by atoms with van der Waals surface area (Å²) < 4.78 is 11.6. The molecule has 0 aromatic carbocycles. The van der Waals surface area contributed by atoms with E-state index in [-0.39, 0.29) is 12.2 Å². The van der Waals surface area contributed by atoms with Crippen LogP contribution < -0.4 is 0 Å². The van der Waals surface area contributed by atoms with E-state index in [0.717, 1.165) is 6.42 Å². The Labute approximate surface area is 188 Å². The number of rotatable bonds is 9. The highest BCUT2D eigenvalue weighted by Gasteiger charge is 2.60. The fraction of sp³-hybridized carbons (Fsp3) is 0.720. The van der Waals surface area contributed by atoms with E-state index in [1.807, 2.05) is 20.8 Å². The van der Waals surface area contributed by atoms with Gasteiger partial charge in [0.2, 0.25) is 0 Å². The molecule has 1 aliphatic rings. The molecule has 31 heavy (non-hydrogen) atoms. The normalized spacial score (nSPS) is 24.3. The van der Waals surface area contributed by atoms with Crippen LogP contribution in [0.25, 0.3) is 0 Å². The number of ketones is 1. The first-order valence-electron chi connectivity index (χ1n) is 11.0. The average Bonchev–Trinajstić information content (AvgIpc) is 3.08. The summed E-state index contributed by atoms with van der Waals surface area (Å²) in [4.78, 5) is 27.6. The first-order valence-corrected chi connectivity index (χ1v) is 11.0. The van der Waals surface area contributed by atoms with Crippen molar-refractivity contribution >= 4 is 11.9 Å². The number of amides is 1. The van der Waals surface area contributed by atoms with Gasteiger partial charge in [0.25, 0.3) is 0 Å². The van der Waals surface area contributed by atoms with Gasteiger partial charge in [0, 0.05) is 38.3 Å². The fourth-order valence-corrected chi connectivity index (χ4v) is 4.72. The second kappa shape index (κ2) is 10.8. The molecule has 0 bridgehead atoms. The maximum absolute atomic E-state index is 13.1. The number of carbonyl (C=O) groups excluding carboxylic acids is 2. The Kier molecular flexibility index (Phi) is 9.33. The number of ether oxygens (including phenoxy) is 2. The Morgan fingerprint density at radius 1 is 1.35 bits per heavy atom. The Balaban J connectivity index is 3.51. The molecule has 0 N–H and O–H groups in total. The average molecular weight is 431 g/mol. The molecule has 0 aromatic rings. The van der Waals surface area contributed by atoms with Crippen molar-refractivity contribution in [2.24, 2.45) is 11.8 Å². The van der Waals surface area contributed by atoms with Gasteiger partial charge >= 0.3 is 6.09 Å². The van der Waals surface area contributed by atoms with Gasteiger partial charge in [-0.15, -0.1) is 12.3 Å². The van der Waals surface area contributed by atoms with Crippen molar-refractivity contribution in [3.63, 3.8) is 0 Å². The minimum atomic E-state index is -1.28. The summed E-state index contributed by atoms with van der Waals surface area (Å²) in [6.07, 6.45) is 10.9. The van der Waals surface area contributed by atoms with Crippen molar-refractivity contribution in [2.75, 3.05) is 13.7 Å². The zero-order valence-corrected chi connectivity index (χ0v) is 20.2. The van der Waals surface area contributed by atoms with Gasteiger partial charge in [-0.3, -0.25) is 9.69 Å². The topological polar surface area (TPSA) is 79.6 Å². The first kappa shape index (κ1) is 26.7. The Morgan fingerprint density at radius 2 is 2.00 bits per heavy atom. The largest absolute Gasteiger partial charge is 0.444 e. The van der Waals surface area contributed by atoms with Crippen LogP contribution in [0.2, 0.25) is 0 Å². The monoisotopic (exact) mass is 430 g/mol. The molecule has 6 nitrogen and oxygen atoms in total. The van der Waals surface area contributed by atoms with Crippen LogP contribution >= 0.6 is 0 Å². The summed E-state index contributed by atoms with van der Waals surface area (Å²) in [5.41, 5.74) is -2.92. The van der Waals surface area contributed by atoms with Gasteiger partial charge < -0.3 is 9.47 Å². The number of Topliss-reactive ketones (excluding diaryl/α,β-unsaturated/α-hetero) is 1. The highest BCUT2D eigenvalue weighted by atomic mass is 16.6. The molecule has 1 rings (SSSR count). The number of nitriles is 1. The number of terminal acetylenes is 1. The zero-order valence-electron chi connectivity index (χ0n) is 20.2. The molecule has 0 aliphatic carbocycles. The second-order valence-corrected chi connectivity index (χ2v) is 9.31. The van der Waals surface area contributed by atoms with E-state index in [4.69, 9.17) is 15.9 Å². The third-order valence-electron chi connectivity index (χ3n) is 6.14. The molecule has 1 fully saturated rings. The first-order chi connectivity index (χ1) is 14.5. The number of methoxy groups -OCH3 is 1. The van der Waals surface area contributed by atoms with E-state index in [1.54, 1.807) is 40.0 Å². The van der Waals surface area contributed by atoms with Crippen LogP contribution in [0.4, 0.5) is 4.79 Å². The highest BCUT2D eigenvalue weighted by Crippen LogP contribution is 2.48. The molecule has 0 aromatic heterocycles. The van der Waals surface area contributed by atoms with Gasteiger partial charge in [0.15, 0.2) is 5.54 Å². The summed E-state index contributed by atoms with van der Waals surface area (Å²) in [5.74, 6) is 1.72. The van der Waals surface area contributed by atoms with Crippen LogP contribution in [-0.4, -0.2) is 47.2 Å². The number of carbonyl (C=O) groups is 2. The Bertz CT molecular complexity index is 755. The second-order valence-electron chi connectivity index (χ2n) is 9.31. The molecule has 6 heteroatoms. The molecule has 4 atom stereocenters. The van der Waals surface area contributed by atoms with Gasteiger partial charge in [-0.1, -0.05) is 19.4 Å². The van der Waals surface area contributed by atoms with Crippen molar-refractivity contribution in [3.8, 4) is 18.4 Å². The van der Waals surface area contributed by atoms with Crippen LogP contribution in [0.15, 0.2) is 12.2 Å². The number of nitrogens with zero attached hydrogens (tertiary/aromatic N) is 2. The molecule has 0 radical (unpaired) electrons. The van der Waals surface area contributed by atoms with Gasteiger partial charge in [-0.25, -0.2) is 4.79 Å². The summed E-state index contributed by atoms with van der Waals surface area (Å²) in [6, 6.07) is 2.38. The highest BCUT2D eigenvalue weighted by molar-refractivity contribution is 5.82. The Hall–Kier alpha value is -2.31. The molecular formula is C25H38N2O4.